The second kappa shape index (κ2) is 8.20. The van der Waals surface area contributed by atoms with E-state index in [9.17, 15) is 4.79 Å². The molecule has 8 heteroatoms. The predicted octanol–water partition coefficient (Wildman–Crippen LogP) is 3.97. The van der Waals surface area contributed by atoms with Crippen molar-refractivity contribution in [2.75, 3.05) is 14.2 Å². The van der Waals surface area contributed by atoms with Crippen molar-refractivity contribution in [3.63, 3.8) is 0 Å². The molecule has 0 atom stereocenters. The summed E-state index contributed by atoms with van der Waals surface area (Å²) in [7, 11) is 3.12. The van der Waals surface area contributed by atoms with Crippen LogP contribution < -0.4 is 9.47 Å². The van der Waals surface area contributed by atoms with Crippen LogP contribution in [0.2, 0.25) is 0 Å². The molecule has 30 heavy (non-hydrogen) atoms. The first-order valence-electron chi connectivity index (χ1n) is 9.17. The van der Waals surface area contributed by atoms with E-state index >= 15 is 0 Å². The third kappa shape index (κ3) is 3.80. The molecule has 0 N–H and O–H groups in total. The first-order chi connectivity index (χ1) is 14.6. The first-order valence-corrected chi connectivity index (χ1v) is 9.17. The van der Waals surface area contributed by atoms with Crippen LogP contribution in [0, 0.1) is 6.92 Å². The quantitative estimate of drug-likeness (QED) is 0.445. The van der Waals surface area contributed by atoms with E-state index in [1.807, 2.05) is 31.2 Å². The molecule has 0 aliphatic heterocycles. The maximum absolute atomic E-state index is 12.7. The second-order valence-corrected chi connectivity index (χ2v) is 6.48. The number of para-hydroxylation sites is 1. The summed E-state index contributed by atoms with van der Waals surface area (Å²) in [5.41, 5.74) is 2.54. The number of hydrogen-bond donors (Lipinski definition) is 0. The number of hydrogen-bond acceptors (Lipinski definition) is 8. The smallest absolute Gasteiger partial charge is 0.339 e. The van der Waals surface area contributed by atoms with Crippen LogP contribution in [0.15, 0.2) is 53.1 Å². The van der Waals surface area contributed by atoms with Crippen LogP contribution in [-0.4, -0.2) is 35.3 Å². The lowest BCUT2D eigenvalue weighted by Gasteiger charge is -2.07. The van der Waals surface area contributed by atoms with Gasteiger partial charge < -0.3 is 18.7 Å². The Hall–Kier alpha value is -3.94. The monoisotopic (exact) mass is 405 g/mol. The average Bonchev–Trinajstić information content (AvgIpc) is 3.25. The fourth-order valence-electron chi connectivity index (χ4n) is 3.09. The molecular formula is C22H19N3O5. The summed E-state index contributed by atoms with van der Waals surface area (Å²) in [5.74, 6) is 1.20. The molecule has 0 saturated heterocycles. The highest BCUT2D eigenvalue weighted by molar-refractivity contribution is 6.03. The third-order valence-electron chi connectivity index (χ3n) is 4.51. The van der Waals surface area contributed by atoms with Crippen LogP contribution in [0.5, 0.6) is 11.5 Å². The van der Waals surface area contributed by atoms with Gasteiger partial charge in [0.2, 0.25) is 5.82 Å². The molecule has 2 aromatic heterocycles. The SMILES string of the molecule is COc1ccc(-c2noc(COC(=O)c3cc(C)nc4ccccc34)n2)c(OC)c1. The van der Waals surface area contributed by atoms with Crippen molar-refractivity contribution < 1.29 is 23.5 Å². The van der Waals surface area contributed by atoms with Gasteiger partial charge in [-0.3, -0.25) is 4.98 Å². The second-order valence-electron chi connectivity index (χ2n) is 6.48. The van der Waals surface area contributed by atoms with Gasteiger partial charge in [0.1, 0.15) is 11.5 Å². The molecule has 0 aliphatic rings. The van der Waals surface area contributed by atoms with E-state index in [1.165, 1.54) is 0 Å². The Labute approximate surface area is 172 Å². The molecule has 0 saturated carbocycles. The van der Waals surface area contributed by atoms with Gasteiger partial charge >= 0.3 is 5.97 Å². The number of aromatic nitrogens is 3. The molecule has 0 aliphatic carbocycles. The van der Waals surface area contributed by atoms with Crippen LogP contribution in [0.4, 0.5) is 0 Å². The van der Waals surface area contributed by atoms with E-state index in [4.69, 9.17) is 18.7 Å². The zero-order chi connectivity index (χ0) is 21.1. The van der Waals surface area contributed by atoms with Gasteiger partial charge in [-0.15, -0.1) is 0 Å². The number of benzene rings is 2. The van der Waals surface area contributed by atoms with Gasteiger partial charge in [0.15, 0.2) is 6.61 Å². The van der Waals surface area contributed by atoms with E-state index < -0.39 is 5.97 Å². The number of aryl methyl sites for hydroxylation is 1. The summed E-state index contributed by atoms with van der Waals surface area (Å²) in [5, 5.41) is 4.68. The molecular weight excluding hydrogens is 386 g/mol. The van der Waals surface area contributed by atoms with Crippen molar-refractivity contribution in [2.24, 2.45) is 0 Å². The number of fused-ring (bicyclic) bond motifs is 1. The van der Waals surface area contributed by atoms with E-state index in [2.05, 4.69) is 15.1 Å². The molecule has 2 aromatic carbocycles. The molecule has 0 spiro atoms. The minimum absolute atomic E-state index is 0.153. The molecule has 4 aromatic rings. The summed E-state index contributed by atoms with van der Waals surface area (Å²) in [6.45, 7) is 1.68. The van der Waals surface area contributed by atoms with Crippen LogP contribution >= 0.6 is 0 Å². The third-order valence-corrected chi connectivity index (χ3v) is 4.51. The van der Waals surface area contributed by atoms with Crippen molar-refractivity contribution in [2.45, 2.75) is 13.5 Å². The largest absolute Gasteiger partial charge is 0.497 e. The van der Waals surface area contributed by atoms with E-state index in [1.54, 1.807) is 38.5 Å². The lowest BCUT2D eigenvalue weighted by atomic mass is 10.1. The van der Waals surface area contributed by atoms with Crippen LogP contribution in [-0.2, 0) is 11.3 Å². The number of esters is 1. The number of carbonyl (C=O) groups excluding carboxylic acids is 1. The van der Waals surface area contributed by atoms with Crippen molar-refractivity contribution >= 4 is 16.9 Å². The standard InChI is InChI=1S/C22H19N3O5/c1-13-10-17(15-6-4-5-7-18(15)23-13)22(26)29-12-20-24-21(25-30-20)16-9-8-14(27-2)11-19(16)28-3/h4-11H,12H2,1-3H3. The highest BCUT2D eigenvalue weighted by Gasteiger charge is 2.17. The fraction of sp³-hybridized carbons (Fsp3) is 0.182. The molecule has 8 nitrogen and oxygen atoms in total. The summed E-state index contributed by atoms with van der Waals surface area (Å²) in [6, 6.07) is 14.4. The van der Waals surface area contributed by atoms with Gasteiger partial charge in [0.25, 0.3) is 5.89 Å². The highest BCUT2D eigenvalue weighted by atomic mass is 16.6. The summed E-state index contributed by atoms with van der Waals surface area (Å²) in [4.78, 5) is 21.4. The molecule has 2 heterocycles. The number of carbonyl (C=O) groups is 1. The van der Waals surface area contributed by atoms with E-state index in [0.717, 1.165) is 16.6 Å². The zero-order valence-corrected chi connectivity index (χ0v) is 16.7. The Kier molecular flexibility index (Phi) is 5.30. The predicted molar refractivity (Wildman–Crippen MR) is 108 cm³/mol. The van der Waals surface area contributed by atoms with Crippen LogP contribution in [0.1, 0.15) is 21.9 Å². The van der Waals surface area contributed by atoms with E-state index in [-0.39, 0.29) is 12.5 Å². The van der Waals surface area contributed by atoms with Gasteiger partial charge in [0, 0.05) is 17.1 Å². The minimum Gasteiger partial charge on any atom is -0.497 e. The summed E-state index contributed by atoms with van der Waals surface area (Å²) in [6.07, 6.45) is 0. The Morgan fingerprint density at radius 3 is 2.67 bits per heavy atom. The Morgan fingerprint density at radius 2 is 1.87 bits per heavy atom. The topological polar surface area (TPSA) is 96.6 Å². The Morgan fingerprint density at radius 1 is 1.03 bits per heavy atom. The normalized spacial score (nSPS) is 10.8. The van der Waals surface area contributed by atoms with Gasteiger partial charge in [-0.1, -0.05) is 23.4 Å². The summed E-state index contributed by atoms with van der Waals surface area (Å²) >= 11 is 0. The average molecular weight is 405 g/mol. The van der Waals surface area contributed by atoms with E-state index in [0.29, 0.717) is 28.5 Å². The lowest BCUT2D eigenvalue weighted by Crippen LogP contribution is -2.07. The molecule has 0 amide bonds. The zero-order valence-electron chi connectivity index (χ0n) is 16.7. The number of nitrogens with zero attached hydrogens (tertiary/aromatic N) is 3. The molecule has 0 radical (unpaired) electrons. The minimum atomic E-state index is -0.488. The molecule has 152 valence electrons. The number of methoxy groups -OCH3 is 2. The fourth-order valence-corrected chi connectivity index (χ4v) is 3.09. The highest BCUT2D eigenvalue weighted by Crippen LogP contribution is 2.31. The van der Waals surface area contributed by atoms with Crippen molar-refractivity contribution in [3.8, 4) is 22.9 Å². The Bertz CT molecular complexity index is 1220. The van der Waals surface area contributed by atoms with Crippen LogP contribution in [0.3, 0.4) is 0 Å². The first kappa shape index (κ1) is 19.4. The number of pyridine rings is 1. The maximum atomic E-state index is 12.7. The number of rotatable bonds is 6. The summed E-state index contributed by atoms with van der Waals surface area (Å²) < 4.78 is 21.2. The van der Waals surface area contributed by atoms with Crippen molar-refractivity contribution in [3.05, 3.63) is 65.7 Å². The van der Waals surface area contributed by atoms with Crippen molar-refractivity contribution in [1.82, 2.24) is 15.1 Å². The molecule has 0 unspecified atom stereocenters. The van der Waals surface area contributed by atoms with Gasteiger partial charge in [-0.25, -0.2) is 4.79 Å². The molecule has 4 rings (SSSR count). The molecule has 0 bridgehead atoms. The number of ether oxygens (including phenoxy) is 3. The molecule has 0 fully saturated rings. The maximum Gasteiger partial charge on any atom is 0.339 e. The van der Waals surface area contributed by atoms with Gasteiger partial charge in [-0.05, 0) is 31.2 Å². The lowest BCUT2D eigenvalue weighted by molar-refractivity contribution is 0.0432. The van der Waals surface area contributed by atoms with Crippen molar-refractivity contribution in [1.29, 1.82) is 0 Å². The Balaban J connectivity index is 1.53. The van der Waals surface area contributed by atoms with Crippen LogP contribution in [0.25, 0.3) is 22.3 Å². The van der Waals surface area contributed by atoms with Gasteiger partial charge in [-0.2, -0.15) is 4.98 Å². The van der Waals surface area contributed by atoms with Gasteiger partial charge in [0.05, 0.1) is 30.9 Å².